The molecule has 0 aliphatic heterocycles. The van der Waals surface area contributed by atoms with E-state index in [1.165, 1.54) is 0 Å². The van der Waals surface area contributed by atoms with Crippen molar-refractivity contribution in [1.82, 2.24) is 19.7 Å². The fourth-order valence-corrected chi connectivity index (χ4v) is 1.48. The molecule has 5 heteroatoms. The van der Waals surface area contributed by atoms with Gasteiger partial charge in [-0.3, -0.25) is 4.68 Å². The lowest BCUT2D eigenvalue weighted by Gasteiger charge is -2.03. The summed E-state index contributed by atoms with van der Waals surface area (Å²) in [6.45, 7) is 4.66. The van der Waals surface area contributed by atoms with Gasteiger partial charge in [0, 0.05) is 37.7 Å². The molecule has 0 saturated carbocycles. The lowest BCUT2D eigenvalue weighted by atomic mass is 10.3. The molecule has 0 aliphatic carbocycles. The molecule has 2 aromatic heterocycles. The van der Waals surface area contributed by atoms with E-state index in [0.717, 1.165) is 16.8 Å². The van der Waals surface area contributed by atoms with E-state index < -0.39 is 0 Å². The zero-order chi connectivity index (χ0) is 11.5. The Morgan fingerprint density at radius 1 is 1.25 bits per heavy atom. The molecule has 0 aromatic carbocycles. The van der Waals surface area contributed by atoms with Crippen LogP contribution in [-0.2, 0) is 13.6 Å². The molecule has 0 radical (unpaired) electrons. The van der Waals surface area contributed by atoms with Gasteiger partial charge >= 0.3 is 0 Å². The van der Waals surface area contributed by atoms with Gasteiger partial charge in [-0.1, -0.05) is 0 Å². The van der Waals surface area contributed by atoms with Crippen molar-refractivity contribution in [2.24, 2.45) is 7.05 Å². The zero-order valence-corrected chi connectivity index (χ0v) is 9.73. The molecule has 0 aliphatic rings. The normalized spacial score (nSPS) is 10.4. The van der Waals surface area contributed by atoms with Crippen molar-refractivity contribution >= 4 is 5.95 Å². The molecule has 0 unspecified atom stereocenters. The van der Waals surface area contributed by atoms with E-state index >= 15 is 0 Å². The van der Waals surface area contributed by atoms with Crippen LogP contribution in [0, 0.1) is 13.8 Å². The van der Waals surface area contributed by atoms with Crippen molar-refractivity contribution in [3.8, 4) is 0 Å². The molecule has 84 valence electrons. The quantitative estimate of drug-likeness (QED) is 0.845. The number of aromatic nitrogens is 4. The van der Waals surface area contributed by atoms with Crippen LogP contribution in [0.5, 0.6) is 0 Å². The average molecular weight is 217 g/mol. The monoisotopic (exact) mass is 217 g/mol. The first kappa shape index (κ1) is 10.6. The predicted molar refractivity (Wildman–Crippen MR) is 62.0 cm³/mol. The van der Waals surface area contributed by atoms with Gasteiger partial charge in [0.2, 0.25) is 5.95 Å². The molecule has 0 amide bonds. The second kappa shape index (κ2) is 4.30. The molecule has 16 heavy (non-hydrogen) atoms. The van der Waals surface area contributed by atoms with Crippen LogP contribution < -0.4 is 5.32 Å². The lowest BCUT2D eigenvalue weighted by molar-refractivity contribution is 0.756. The highest BCUT2D eigenvalue weighted by Crippen LogP contribution is 2.07. The van der Waals surface area contributed by atoms with Gasteiger partial charge in [-0.2, -0.15) is 5.10 Å². The van der Waals surface area contributed by atoms with Crippen LogP contribution in [0.3, 0.4) is 0 Å². The molecule has 2 heterocycles. The molecule has 0 bridgehead atoms. The van der Waals surface area contributed by atoms with Gasteiger partial charge in [0.05, 0.1) is 5.69 Å². The summed E-state index contributed by atoms with van der Waals surface area (Å²) in [5.41, 5.74) is 3.25. The summed E-state index contributed by atoms with van der Waals surface area (Å²) in [4.78, 5) is 8.36. The van der Waals surface area contributed by atoms with Gasteiger partial charge in [0.15, 0.2) is 0 Å². The minimum absolute atomic E-state index is 0.647. The number of aryl methyl sites for hydroxylation is 3. The second-order valence-electron chi connectivity index (χ2n) is 3.85. The van der Waals surface area contributed by atoms with Crippen molar-refractivity contribution < 1.29 is 0 Å². The molecule has 2 aromatic rings. The van der Waals surface area contributed by atoms with Crippen LogP contribution in [0.15, 0.2) is 18.6 Å². The molecule has 1 N–H and O–H groups in total. The average Bonchev–Trinajstić information content (AvgIpc) is 2.57. The maximum absolute atomic E-state index is 4.27. The Hall–Kier alpha value is -1.91. The van der Waals surface area contributed by atoms with Crippen LogP contribution in [0.4, 0.5) is 5.95 Å². The highest BCUT2D eigenvalue weighted by atomic mass is 15.3. The summed E-state index contributed by atoms with van der Waals surface area (Å²) >= 11 is 0. The van der Waals surface area contributed by atoms with Gasteiger partial charge in [-0.25, -0.2) is 9.97 Å². The van der Waals surface area contributed by atoms with E-state index in [2.05, 4.69) is 20.4 Å². The van der Waals surface area contributed by atoms with Crippen molar-refractivity contribution in [2.45, 2.75) is 20.4 Å². The highest BCUT2D eigenvalue weighted by molar-refractivity contribution is 5.28. The van der Waals surface area contributed by atoms with E-state index in [9.17, 15) is 0 Å². The fraction of sp³-hybridized carbons (Fsp3) is 0.364. The molecule has 0 fully saturated rings. The Morgan fingerprint density at radius 2 is 1.94 bits per heavy atom. The first-order chi connectivity index (χ1) is 7.65. The molecule has 0 saturated heterocycles. The van der Waals surface area contributed by atoms with Crippen molar-refractivity contribution in [1.29, 1.82) is 0 Å². The summed E-state index contributed by atoms with van der Waals surface area (Å²) < 4.78 is 1.81. The van der Waals surface area contributed by atoms with Crippen LogP contribution in [-0.4, -0.2) is 19.7 Å². The molecule has 0 atom stereocenters. The zero-order valence-electron chi connectivity index (χ0n) is 9.73. The van der Waals surface area contributed by atoms with E-state index in [1.807, 2.05) is 31.8 Å². The third-order valence-electron chi connectivity index (χ3n) is 2.33. The van der Waals surface area contributed by atoms with Crippen LogP contribution in [0.25, 0.3) is 0 Å². The Bertz CT molecular complexity index is 472. The van der Waals surface area contributed by atoms with Crippen molar-refractivity contribution in [2.75, 3.05) is 5.32 Å². The van der Waals surface area contributed by atoms with Crippen molar-refractivity contribution in [3.63, 3.8) is 0 Å². The Kier molecular flexibility index (Phi) is 2.85. The first-order valence-electron chi connectivity index (χ1n) is 5.17. The van der Waals surface area contributed by atoms with Gasteiger partial charge < -0.3 is 5.32 Å². The summed E-state index contributed by atoms with van der Waals surface area (Å²) in [7, 11) is 1.92. The minimum atomic E-state index is 0.647. The predicted octanol–water partition coefficient (Wildman–Crippen LogP) is 1.44. The fourth-order valence-electron chi connectivity index (χ4n) is 1.48. The number of nitrogens with one attached hydrogen (secondary N) is 1. The standard InChI is InChI=1S/C11H15N5/c1-8-4-12-11(13-5-8)14-6-10-7-16(3)15-9(10)2/h4-5,7H,6H2,1-3H3,(H,12,13,14). The van der Waals surface area contributed by atoms with Gasteiger partial charge in [0.25, 0.3) is 0 Å². The molecule has 2 rings (SSSR count). The lowest BCUT2D eigenvalue weighted by Crippen LogP contribution is -2.03. The smallest absolute Gasteiger partial charge is 0.222 e. The minimum Gasteiger partial charge on any atom is -0.350 e. The summed E-state index contributed by atoms with van der Waals surface area (Å²) in [5, 5.41) is 7.44. The Labute approximate surface area is 94.5 Å². The highest BCUT2D eigenvalue weighted by Gasteiger charge is 2.03. The molecular weight excluding hydrogens is 202 g/mol. The number of anilines is 1. The van der Waals surface area contributed by atoms with Crippen LogP contribution in [0.1, 0.15) is 16.8 Å². The number of hydrogen-bond donors (Lipinski definition) is 1. The Morgan fingerprint density at radius 3 is 2.50 bits per heavy atom. The van der Waals surface area contributed by atoms with Gasteiger partial charge in [0.1, 0.15) is 0 Å². The van der Waals surface area contributed by atoms with Crippen molar-refractivity contribution in [3.05, 3.63) is 35.4 Å². The van der Waals surface area contributed by atoms with E-state index in [0.29, 0.717) is 12.5 Å². The SMILES string of the molecule is Cc1cnc(NCc2cn(C)nc2C)nc1. The van der Waals surface area contributed by atoms with E-state index in [1.54, 1.807) is 12.4 Å². The summed E-state index contributed by atoms with van der Waals surface area (Å²) in [6.07, 6.45) is 5.59. The summed E-state index contributed by atoms with van der Waals surface area (Å²) in [6, 6.07) is 0. The Balaban J connectivity index is 2.02. The van der Waals surface area contributed by atoms with E-state index in [-0.39, 0.29) is 0 Å². The maximum atomic E-state index is 4.27. The second-order valence-corrected chi connectivity index (χ2v) is 3.85. The topological polar surface area (TPSA) is 55.6 Å². The molecule has 5 nitrogen and oxygen atoms in total. The molecular formula is C11H15N5. The molecule has 0 spiro atoms. The number of rotatable bonds is 3. The third kappa shape index (κ3) is 2.36. The first-order valence-corrected chi connectivity index (χ1v) is 5.17. The maximum Gasteiger partial charge on any atom is 0.222 e. The summed E-state index contributed by atoms with van der Waals surface area (Å²) in [5.74, 6) is 0.647. The van der Waals surface area contributed by atoms with Crippen LogP contribution in [0.2, 0.25) is 0 Å². The number of hydrogen-bond acceptors (Lipinski definition) is 4. The van der Waals surface area contributed by atoms with Gasteiger partial charge in [-0.05, 0) is 19.4 Å². The van der Waals surface area contributed by atoms with E-state index in [4.69, 9.17) is 0 Å². The largest absolute Gasteiger partial charge is 0.350 e. The number of nitrogens with zero attached hydrogens (tertiary/aromatic N) is 4. The van der Waals surface area contributed by atoms with Gasteiger partial charge in [-0.15, -0.1) is 0 Å². The van der Waals surface area contributed by atoms with Crippen LogP contribution >= 0.6 is 0 Å². The third-order valence-corrected chi connectivity index (χ3v) is 2.33.